The molecule has 1 aromatic heterocycles. The number of nitrogens with two attached hydrogens (primary N) is 1. The summed E-state index contributed by atoms with van der Waals surface area (Å²) in [5.41, 5.74) is 4.65. The molecule has 1 heterocycles. The molecule has 0 saturated heterocycles. The standard InChI is InChI=1S/C17H14FNO2S2/c1-11-2-4-12(5-3-11)14-9-22-10-15(14)13-6-7-17(16(18)8-13)23(19,20)21/h2-10H,1H3,(H2,19,20,21). The van der Waals surface area contributed by atoms with Crippen molar-refractivity contribution < 1.29 is 12.8 Å². The van der Waals surface area contributed by atoms with E-state index in [-0.39, 0.29) is 0 Å². The lowest BCUT2D eigenvalue weighted by molar-refractivity contribution is 0.568. The molecule has 0 radical (unpaired) electrons. The Balaban J connectivity index is 2.09. The summed E-state index contributed by atoms with van der Waals surface area (Å²) in [7, 11) is -4.06. The van der Waals surface area contributed by atoms with Crippen LogP contribution in [0.4, 0.5) is 4.39 Å². The number of primary sulfonamides is 1. The average molecular weight is 347 g/mol. The smallest absolute Gasteiger partial charge is 0.225 e. The van der Waals surface area contributed by atoms with E-state index in [1.807, 2.05) is 41.9 Å². The predicted molar refractivity (Wildman–Crippen MR) is 91.3 cm³/mol. The molecule has 0 amide bonds. The summed E-state index contributed by atoms with van der Waals surface area (Å²) < 4.78 is 36.7. The molecule has 6 heteroatoms. The van der Waals surface area contributed by atoms with Crippen molar-refractivity contribution in [3.63, 3.8) is 0 Å². The van der Waals surface area contributed by atoms with E-state index in [9.17, 15) is 12.8 Å². The number of thiophene rings is 1. The second-order valence-corrected chi connectivity index (χ2v) is 7.53. The van der Waals surface area contributed by atoms with E-state index in [4.69, 9.17) is 5.14 Å². The van der Waals surface area contributed by atoms with Gasteiger partial charge < -0.3 is 0 Å². The maximum atomic E-state index is 14.1. The van der Waals surface area contributed by atoms with E-state index in [1.165, 1.54) is 23.5 Å². The Hall–Kier alpha value is -2.02. The van der Waals surface area contributed by atoms with Crippen molar-refractivity contribution in [2.24, 2.45) is 5.14 Å². The summed E-state index contributed by atoms with van der Waals surface area (Å²) in [5, 5.41) is 8.90. The number of aryl methyl sites for hydroxylation is 1. The van der Waals surface area contributed by atoms with Crippen LogP contribution < -0.4 is 5.14 Å². The summed E-state index contributed by atoms with van der Waals surface area (Å²) in [4.78, 5) is -0.492. The maximum absolute atomic E-state index is 14.1. The van der Waals surface area contributed by atoms with Crippen LogP contribution in [0.5, 0.6) is 0 Å². The third-order valence-corrected chi connectivity index (χ3v) is 5.26. The monoisotopic (exact) mass is 347 g/mol. The van der Waals surface area contributed by atoms with Gasteiger partial charge in [-0.25, -0.2) is 17.9 Å². The first kappa shape index (κ1) is 15.9. The lowest BCUT2D eigenvalue weighted by Crippen LogP contribution is -2.13. The van der Waals surface area contributed by atoms with Crippen LogP contribution in [0, 0.1) is 12.7 Å². The van der Waals surface area contributed by atoms with Gasteiger partial charge in [-0.15, -0.1) is 0 Å². The minimum atomic E-state index is -4.06. The Morgan fingerprint density at radius 1 is 0.957 bits per heavy atom. The van der Waals surface area contributed by atoms with Gasteiger partial charge in [-0.2, -0.15) is 11.3 Å². The first-order valence-electron chi connectivity index (χ1n) is 6.82. The molecular formula is C17H14FNO2S2. The molecule has 0 atom stereocenters. The van der Waals surface area contributed by atoms with E-state index in [0.29, 0.717) is 5.56 Å². The highest BCUT2D eigenvalue weighted by Crippen LogP contribution is 2.36. The van der Waals surface area contributed by atoms with Crippen molar-refractivity contribution >= 4 is 21.4 Å². The number of rotatable bonds is 3. The first-order valence-corrected chi connectivity index (χ1v) is 9.31. The normalized spacial score (nSPS) is 11.6. The van der Waals surface area contributed by atoms with Crippen molar-refractivity contribution in [3.05, 3.63) is 64.6 Å². The largest absolute Gasteiger partial charge is 0.240 e. The van der Waals surface area contributed by atoms with Gasteiger partial charge in [-0.05, 0) is 40.9 Å². The lowest BCUT2D eigenvalue weighted by Gasteiger charge is -2.07. The van der Waals surface area contributed by atoms with E-state index in [0.717, 1.165) is 22.3 Å². The van der Waals surface area contributed by atoms with Gasteiger partial charge in [0.1, 0.15) is 10.7 Å². The van der Waals surface area contributed by atoms with Crippen molar-refractivity contribution in [1.82, 2.24) is 0 Å². The lowest BCUT2D eigenvalue weighted by atomic mass is 9.98. The number of hydrogen-bond acceptors (Lipinski definition) is 3. The highest BCUT2D eigenvalue weighted by atomic mass is 32.2. The Morgan fingerprint density at radius 3 is 2.09 bits per heavy atom. The second kappa shape index (κ2) is 5.88. The van der Waals surface area contributed by atoms with Gasteiger partial charge in [-0.1, -0.05) is 35.9 Å². The molecule has 0 saturated carbocycles. The third-order valence-electron chi connectivity index (χ3n) is 3.57. The van der Waals surface area contributed by atoms with Crippen LogP contribution in [0.2, 0.25) is 0 Å². The number of benzene rings is 2. The van der Waals surface area contributed by atoms with E-state index >= 15 is 0 Å². The molecule has 0 spiro atoms. The fraction of sp³-hybridized carbons (Fsp3) is 0.0588. The molecule has 0 aliphatic carbocycles. The fourth-order valence-corrected chi connectivity index (χ4v) is 3.83. The minimum Gasteiger partial charge on any atom is -0.225 e. The van der Waals surface area contributed by atoms with Crippen molar-refractivity contribution in [3.8, 4) is 22.3 Å². The zero-order chi connectivity index (χ0) is 16.6. The van der Waals surface area contributed by atoms with Gasteiger partial charge in [0, 0.05) is 11.1 Å². The number of sulfonamides is 1. The molecular weight excluding hydrogens is 333 g/mol. The van der Waals surface area contributed by atoms with Gasteiger partial charge in [0.25, 0.3) is 0 Å². The molecule has 2 N–H and O–H groups in total. The molecule has 0 aliphatic rings. The van der Waals surface area contributed by atoms with E-state index < -0.39 is 20.7 Å². The van der Waals surface area contributed by atoms with Crippen LogP contribution in [-0.2, 0) is 10.0 Å². The summed E-state index contributed by atoms with van der Waals surface area (Å²) in [6, 6.07) is 12.0. The Morgan fingerprint density at radius 2 is 1.52 bits per heavy atom. The number of halogens is 1. The van der Waals surface area contributed by atoms with Crippen molar-refractivity contribution in [2.45, 2.75) is 11.8 Å². The average Bonchev–Trinajstić information content (AvgIpc) is 2.96. The number of hydrogen-bond donors (Lipinski definition) is 1. The quantitative estimate of drug-likeness (QED) is 0.773. The summed E-state index contributed by atoms with van der Waals surface area (Å²) in [5.74, 6) is -0.842. The van der Waals surface area contributed by atoms with Gasteiger partial charge in [0.05, 0.1) is 0 Å². The third kappa shape index (κ3) is 3.19. The Kier molecular flexibility index (Phi) is 4.06. The van der Waals surface area contributed by atoms with Gasteiger partial charge in [-0.3, -0.25) is 0 Å². The van der Waals surface area contributed by atoms with Crippen LogP contribution in [0.25, 0.3) is 22.3 Å². The highest BCUT2D eigenvalue weighted by Gasteiger charge is 2.16. The summed E-state index contributed by atoms with van der Waals surface area (Å²) >= 11 is 1.51. The molecule has 118 valence electrons. The summed E-state index contributed by atoms with van der Waals surface area (Å²) in [6.07, 6.45) is 0. The Labute approximate surface area is 138 Å². The molecule has 23 heavy (non-hydrogen) atoms. The van der Waals surface area contributed by atoms with Crippen molar-refractivity contribution in [1.29, 1.82) is 0 Å². The molecule has 2 aromatic carbocycles. The van der Waals surface area contributed by atoms with Crippen molar-refractivity contribution in [2.75, 3.05) is 0 Å². The zero-order valence-corrected chi connectivity index (χ0v) is 13.9. The molecule has 3 nitrogen and oxygen atoms in total. The zero-order valence-electron chi connectivity index (χ0n) is 12.3. The molecule has 0 unspecified atom stereocenters. The van der Waals surface area contributed by atoms with Gasteiger partial charge >= 0.3 is 0 Å². The molecule has 0 fully saturated rings. The highest BCUT2D eigenvalue weighted by molar-refractivity contribution is 7.89. The molecule has 3 aromatic rings. The second-order valence-electron chi connectivity index (χ2n) is 5.26. The minimum absolute atomic E-state index is 0.492. The van der Waals surface area contributed by atoms with E-state index in [2.05, 4.69) is 0 Å². The van der Waals surface area contributed by atoms with Crippen LogP contribution in [0.3, 0.4) is 0 Å². The first-order chi connectivity index (χ1) is 10.9. The molecule has 0 aliphatic heterocycles. The van der Waals surface area contributed by atoms with Crippen LogP contribution in [-0.4, -0.2) is 8.42 Å². The molecule has 0 bridgehead atoms. The Bertz CT molecular complexity index is 961. The maximum Gasteiger partial charge on any atom is 0.240 e. The topological polar surface area (TPSA) is 60.2 Å². The van der Waals surface area contributed by atoms with Crippen LogP contribution in [0.15, 0.2) is 58.1 Å². The van der Waals surface area contributed by atoms with Crippen LogP contribution >= 0.6 is 11.3 Å². The summed E-state index contributed by atoms with van der Waals surface area (Å²) in [6.45, 7) is 2.01. The van der Waals surface area contributed by atoms with Gasteiger partial charge in [0.2, 0.25) is 10.0 Å². The predicted octanol–water partition coefficient (Wildman–Crippen LogP) is 4.18. The van der Waals surface area contributed by atoms with E-state index in [1.54, 1.807) is 6.07 Å². The SMILES string of the molecule is Cc1ccc(-c2cscc2-c2ccc(S(N)(=O)=O)c(F)c2)cc1. The fourth-order valence-electron chi connectivity index (χ4n) is 2.38. The van der Waals surface area contributed by atoms with Gasteiger partial charge in [0.15, 0.2) is 0 Å². The van der Waals surface area contributed by atoms with Crippen LogP contribution in [0.1, 0.15) is 5.56 Å². The molecule has 3 rings (SSSR count).